The number of anilines is 1. The van der Waals surface area contributed by atoms with Crippen molar-refractivity contribution in [2.24, 2.45) is 0 Å². The van der Waals surface area contributed by atoms with E-state index in [2.05, 4.69) is 36.9 Å². The molecule has 22 nitrogen and oxygen atoms in total. The van der Waals surface area contributed by atoms with E-state index >= 15 is 0 Å². The highest BCUT2D eigenvalue weighted by molar-refractivity contribution is 7.94. The quantitative estimate of drug-likeness (QED) is 0.0402. The predicted molar refractivity (Wildman–Crippen MR) is 284 cm³/mol. The summed E-state index contributed by atoms with van der Waals surface area (Å²) in [5.41, 5.74) is 2.14. The Morgan fingerprint density at radius 3 is 2.38 bits per heavy atom. The van der Waals surface area contributed by atoms with Gasteiger partial charge in [-0.2, -0.15) is 0 Å². The number of carbonyl (C=O) groups is 7. The van der Waals surface area contributed by atoms with Crippen LogP contribution in [0.1, 0.15) is 90.0 Å². The van der Waals surface area contributed by atoms with Gasteiger partial charge in [-0.15, -0.1) is 11.3 Å². The van der Waals surface area contributed by atoms with Gasteiger partial charge in [0.25, 0.3) is 11.5 Å². The summed E-state index contributed by atoms with van der Waals surface area (Å²) in [4.78, 5) is 114. The largest absolute Gasteiger partial charge is 0.490 e. The van der Waals surface area contributed by atoms with E-state index in [1.165, 1.54) is 6.07 Å². The summed E-state index contributed by atoms with van der Waals surface area (Å²) in [6.45, 7) is 0.530. The maximum absolute atomic E-state index is 14.8. The standard InChI is InChI=1S/C54H54FN9O13S2/c1-2-54(73)34-21-40-47-32(26-64(40)51(71)33(34)27-77-52(54)72)30-16-18-76-48-37(15-14-36(62-47)46(30)48)60-45(68)25-59-50(70)39(19-28-9-5-3-6-10-28)61-44(67)24-58-43(66)23-57-42(65)11-7-4-8-17-56-49(69)31-20-41-38(22-35(31)55)63-53(78-41)79(74,75)29-12-13-29/h3,5-6,9-10,14-15,20-22,29,39,73H,2,4,7-8,11-13,16-19,23-27H2,1H3,(H,56,69)(H,57,65)(H,58,66)(H,59,70)(H,60,68)(H,61,67)/t39-,54-/m0/s1. The summed E-state index contributed by atoms with van der Waals surface area (Å²) in [5, 5.41) is 27.0. The molecule has 0 spiro atoms. The molecule has 6 amide bonds. The maximum atomic E-state index is 14.8. The van der Waals surface area contributed by atoms with E-state index in [0.29, 0.717) is 82.5 Å². The number of halogens is 1. The fourth-order valence-corrected chi connectivity index (χ4v) is 13.1. The van der Waals surface area contributed by atoms with Gasteiger partial charge in [0.1, 0.15) is 18.5 Å². The van der Waals surface area contributed by atoms with Gasteiger partial charge in [-0.1, -0.05) is 43.7 Å². The first-order chi connectivity index (χ1) is 37.9. The van der Waals surface area contributed by atoms with E-state index in [1.54, 1.807) is 60.0 Å². The zero-order valence-corrected chi connectivity index (χ0v) is 44.3. The summed E-state index contributed by atoms with van der Waals surface area (Å²) in [7, 11) is -3.57. The van der Waals surface area contributed by atoms with Crippen LogP contribution < -0.4 is 42.2 Å². The second-order valence-corrected chi connectivity index (χ2v) is 23.1. The van der Waals surface area contributed by atoms with Gasteiger partial charge in [0, 0.05) is 48.4 Å². The fraction of sp³-hybridized carbons (Fsp3) is 0.370. The molecular weight excluding hydrogens is 1070 g/mol. The van der Waals surface area contributed by atoms with Crippen molar-refractivity contribution in [3.63, 3.8) is 0 Å². The molecule has 1 fully saturated rings. The Morgan fingerprint density at radius 2 is 1.61 bits per heavy atom. The van der Waals surface area contributed by atoms with Crippen molar-refractivity contribution in [3.8, 4) is 17.1 Å². The lowest BCUT2D eigenvalue weighted by molar-refractivity contribution is -0.172. The highest BCUT2D eigenvalue weighted by Gasteiger charge is 2.46. The molecule has 79 heavy (non-hydrogen) atoms. The van der Waals surface area contributed by atoms with Crippen molar-refractivity contribution >= 4 is 89.4 Å². The second-order valence-electron chi connectivity index (χ2n) is 19.7. The zero-order valence-electron chi connectivity index (χ0n) is 42.6. The minimum absolute atomic E-state index is 0.00599. The number of carbonyl (C=O) groups excluding carboxylic acids is 7. The number of sulfone groups is 1. The van der Waals surface area contributed by atoms with Crippen molar-refractivity contribution in [3.05, 3.63) is 110 Å². The van der Waals surface area contributed by atoms with Crippen LogP contribution in [-0.2, 0) is 74.9 Å². The van der Waals surface area contributed by atoms with Crippen LogP contribution in [-0.4, -0.2) is 114 Å². The Morgan fingerprint density at radius 1 is 0.848 bits per heavy atom. The topological polar surface area (TPSA) is 312 Å². The molecule has 0 radical (unpaired) electrons. The van der Waals surface area contributed by atoms with Crippen LogP contribution in [0.5, 0.6) is 5.75 Å². The number of aliphatic hydroxyl groups is 1. The summed E-state index contributed by atoms with van der Waals surface area (Å²) in [6.07, 6.45) is 3.10. The number of cyclic esters (lactones) is 1. The van der Waals surface area contributed by atoms with Gasteiger partial charge in [0.2, 0.25) is 43.7 Å². The smallest absolute Gasteiger partial charge is 0.343 e. The third-order valence-electron chi connectivity index (χ3n) is 14.3. The van der Waals surface area contributed by atoms with Crippen LogP contribution in [0, 0.1) is 5.82 Å². The summed E-state index contributed by atoms with van der Waals surface area (Å²) in [6, 6.07) is 15.0. The molecule has 3 aromatic carbocycles. The normalized spacial score (nSPS) is 16.4. The van der Waals surface area contributed by atoms with E-state index in [-0.39, 0.29) is 72.1 Å². The lowest BCUT2D eigenvalue weighted by Crippen LogP contribution is -2.52. The van der Waals surface area contributed by atoms with E-state index < -0.39 is 99.2 Å². The minimum atomic E-state index is -3.57. The van der Waals surface area contributed by atoms with Crippen molar-refractivity contribution in [2.45, 2.75) is 99.1 Å². The number of nitrogens with one attached hydrogen (secondary N) is 6. The molecular formula is C54H54FN9O13S2. The molecule has 1 aliphatic carbocycles. The van der Waals surface area contributed by atoms with E-state index in [0.717, 1.165) is 28.5 Å². The van der Waals surface area contributed by atoms with Crippen molar-refractivity contribution in [1.29, 1.82) is 0 Å². The number of amides is 6. The molecule has 2 atom stereocenters. The maximum Gasteiger partial charge on any atom is 0.343 e. The lowest BCUT2D eigenvalue weighted by Gasteiger charge is -2.31. The van der Waals surface area contributed by atoms with Gasteiger partial charge in [0.15, 0.2) is 11.4 Å². The van der Waals surface area contributed by atoms with Crippen molar-refractivity contribution < 1.29 is 61.0 Å². The monoisotopic (exact) mass is 1120 g/mol. The molecule has 10 rings (SSSR count). The number of ether oxygens (including phenoxy) is 2. The van der Waals surface area contributed by atoms with Gasteiger partial charge in [-0.05, 0) is 67.5 Å². The molecule has 0 saturated heterocycles. The molecule has 1 saturated carbocycles. The van der Waals surface area contributed by atoms with Gasteiger partial charge in [-0.25, -0.2) is 27.6 Å². The van der Waals surface area contributed by atoms with Crippen LogP contribution in [0.2, 0.25) is 0 Å². The van der Waals surface area contributed by atoms with Crippen LogP contribution in [0.15, 0.2) is 69.8 Å². The number of thiazole rings is 1. The van der Waals surface area contributed by atoms with E-state index in [4.69, 9.17) is 14.5 Å². The molecule has 3 aromatic heterocycles. The number of esters is 1. The first kappa shape index (κ1) is 54.2. The number of nitrogens with zero attached hydrogens (tertiary/aromatic N) is 3. The molecule has 3 aliphatic heterocycles. The second kappa shape index (κ2) is 22.3. The highest BCUT2D eigenvalue weighted by Crippen LogP contribution is 2.45. The molecule has 4 aliphatic rings. The van der Waals surface area contributed by atoms with Crippen LogP contribution >= 0.6 is 11.3 Å². The van der Waals surface area contributed by atoms with Gasteiger partial charge in [-0.3, -0.25) is 33.6 Å². The third-order valence-corrected chi connectivity index (χ3v) is 18.0. The molecule has 6 heterocycles. The third kappa shape index (κ3) is 11.1. The Kier molecular flexibility index (Phi) is 15.3. The number of benzene rings is 3. The Hall–Kier alpha value is -8.16. The Bertz CT molecular complexity index is 3700. The fourth-order valence-electron chi connectivity index (χ4n) is 9.94. The van der Waals surface area contributed by atoms with Gasteiger partial charge < -0.3 is 51.0 Å². The number of unbranched alkanes of at least 4 members (excludes halogenated alkanes) is 2. The molecule has 6 aromatic rings. The number of fused-ring (bicyclic) bond motifs is 6. The average Bonchev–Trinajstić information content (AvgIpc) is 4.28. The molecule has 0 unspecified atom stereocenters. The zero-order chi connectivity index (χ0) is 55.8. The summed E-state index contributed by atoms with van der Waals surface area (Å²) in [5.74, 6) is -5.06. The predicted octanol–water partition coefficient (Wildman–Crippen LogP) is 2.70. The molecule has 25 heteroatoms. The Labute approximate surface area is 454 Å². The van der Waals surface area contributed by atoms with Crippen LogP contribution in [0.4, 0.5) is 10.1 Å². The SMILES string of the molecule is CC[C@@]1(O)C(=O)OCc2c1cc1n(c2=O)Cc2c-1nc1ccc(NC(=O)CNC(=O)[C@H](Cc3ccccc3)NC(=O)CNC(=O)CNC(=O)CCCCCNC(=O)c3cc4sc(S(=O)(=O)C5CC5)nc4cc3F)c3c1c2CCO3. The number of rotatable bonds is 21. The molecule has 7 N–H and O–H groups in total. The van der Waals surface area contributed by atoms with E-state index in [1.807, 2.05) is 0 Å². The lowest BCUT2D eigenvalue weighted by atomic mass is 9.86. The Balaban J connectivity index is 0.677. The van der Waals surface area contributed by atoms with E-state index in [9.17, 15) is 56.3 Å². The van der Waals surface area contributed by atoms with Crippen LogP contribution in [0.25, 0.3) is 32.5 Å². The minimum Gasteiger partial charge on any atom is -0.490 e. The number of pyridine rings is 2. The first-order valence-electron chi connectivity index (χ1n) is 25.8. The van der Waals surface area contributed by atoms with Crippen molar-refractivity contribution in [2.75, 3.05) is 38.1 Å². The van der Waals surface area contributed by atoms with Crippen molar-refractivity contribution in [1.82, 2.24) is 41.1 Å². The molecule has 0 bridgehead atoms. The molecule has 412 valence electrons. The number of hydrogen-bond acceptors (Lipinski definition) is 16. The van der Waals surface area contributed by atoms with Gasteiger partial charge in [0.05, 0.1) is 82.0 Å². The number of hydrogen-bond donors (Lipinski definition) is 7. The summed E-state index contributed by atoms with van der Waals surface area (Å²) >= 11 is 0.903. The average molecular weight is 1120 g/mol. The van der Waals surface area contributed by atoms with Gasteiger partial charge >= 0.3 is 5.97 Å². The van der Waals surface area contributed by atoms with Crippen LogP contribution in [0.3, 0.4) is 0 Å². The first-order valence-corrected chi connectivity index (χ1v) is 28.1. The number of aromatic nitrogens is 3. The highest BCUT2D eigenvalue weighted by atomic mass is 32.2. The summed E-state index contributed by atoms with van der Waals surface area (Å²) < 4.78 is 53.1.